The summed E-state index contributed by atoms with van der Waals surface area (Å²) in [6.45, 7) is 0. The van der Waals surface area contributed by atoms with Crippen molar-refractivity contribution in [3.8, 4) is 12.1 Å². The highest BCUT2D eigenvalue weighted by molar-refractivity contribution is 7.92. The van der Waals surface area contributed by atoms with Gasteiger partial charge >= 0.3 is 6.01 Å². The van der Waals surface area contributed by atoms with E-state index in [9.17, 15) is 8.42 Å². The topological polar surface area (TPSA) is 121 Å². The summed E-state index contributed by atoms with van der Waals surface area (Å²) in [4.78, 5) is 3.61. The summed E-state index contributed by atoms with van der Waals surface area (Å²) in [5.41, 5.74) is 0. The number of aromatic nitrogens is 3. The standard InChI is InChI=1S/C5H7N5O3S/c1-13-5-7-4(8-9-5)10-14(11,12)3-2-6/h3H2,1H3,(H2,7,8,9,10). The summed E-state index contributed by atoms with van der Waals surface area (Å²) >= 11 is 0. The van der Waals surface area contributed by atoms with Crippen LogP contribution in [-0.4, -0.2) is 36.5 Å². The summed E-state index contributed by atoms with van der Waals surface area (Å²) in [7, 11) is -2.34. The van der Waals surface area contributed by atoms with Crippen molar-refractivity contribution in [2.45, 2.75) is 0 Å². The van der Waals surface area contributed by atoms with E-state index >= 15 is 0 Å². The van der Waals surface area contributed by atoms with Gasteiger partial charge in [-0.25, -0.2) is 13.5 Å². The molecule has 0 aliphatic heterocycles. The van der Waals surface area contributed by atoms with Gasteiger partial charge in [0.25, 0.3) is 0 Å². The number of hydrogen-bond donors (Lipinski definition) is 2. The van der Waals surface area contributed by atoms with Crippen molar-refractivity contribution in [3.63, 3.8) is 0 Å². The molecule has 1 rings (SSSR count). The average Bonchev–Trinajstić information content (AvgIpc) is 2.51. The molecule has 0 saturated carbocycles. The maximum Gasteiger partial charge on any atom is 0.336 e. The quantitative estimate of drug-likeness (QED) is 0.672. The lowest BCUT2D eigenvalue weighted by atomic mass is 10.9. The molecule has 0 bridgehead atoms. The number of aromatic amines is 1. The summed E-state index contributed by atoms with van der Waals surface area (Å²) in [6, 6.07) is 1.52. The lowest BCUT2D eigenvalue weighted by Gasteiger charge is -1.98. The van der Waals surface area contributed by atoms with Crippen LogP contribution in [0.3, 0.4) is 0 Å². The fourth-order valence-corrected chi connectivity index (χ4v) is 1.28. The second-order valence-electron chi connectivity index (χ2n) is 2.19. The highest BCUT2D eigenvalue weighted by Gasteiger charge is 2.12. The SMILES string of the molecule is COc1n[nH]c(NS(=O)(=O)CC#N)n1. The number of anilines is 1. The summed E-state index contributed by atoms with van der Waals surface area (Å²) < 4.78 is 28.7. The van der Waals surface area contributed by atoms with Crippen LogP contribution in [0.15, 0.2) is 0 Å². The number of methoxy groups -OCH3 is 1. The summed E-state index contributed by atoms with van der Waals surface area (Å²) in [6.07, 6.45) is 0. The Hall–Kier alpha value is -1.82. The Morgan fingerprint density at radius 2 is 2.43 bits per heavy atom. The number of rotatable bonds is 4. The molecule has 0 saturated heterocycles. The fourth-order valence-electron chi connectivity index (χ4n) is 0.652. The molecule has 2 N–H and O–H groups in total. The molecule has 0 amide bonds. The maximum absolute atomic E-state index is 11.0. The van der Waals surface area contributed by atoms with E-state index in [0.29, 0.717) is 0 Å². The molecule has 76 valence electrons. The molecule has 0 unspecified atom stereocenters. The molecule has 0 spiro atoms. The highest BCUT2D eigenvalue weighted by Crippen LogP contribution is 2.06. The van der Waals surface area contributed by atoms with Gasteiger partial charge in [0.1, 0.15) is 0 Å². The van der Waals surface area contributed by atoms with E-state index in [4.69, 9.17) is 5.26 Å². The van der Waals surface area contributed by atoms with E-state index < -0.39 is 15.8 Å². The fraction of sp³-hybridized carbons (Fsp3) is 0.400. The van der Waals surface area contributed by atoms with Gasteiger partial charge in [0.15, 0.2) is 5.75 Å². The Balaban J connectivity index is 2.75. The number of nitrogens with zero attached hydrogens (tertiary/aromatic N) is 3. The van der Waals surface area contributed by atoms with Crippen molar-refractivity contribution in [1.29, 1.82) is 5.26 Å². The van der Waals surface area contributed by atoms with Crippen molar-refractivity contribution >= 4 is 16.0 Å². The number of sulfonamides is 1. The molecule has 0 atom stereocenters. The Labute approximate surface area is 80.0 Å². The van der Waals surface area contributed by atoms with Gasteiger partial charge in [-0.1, -0.05) is 0 Å². The molecule has 8 nitrogen and oxygen atoms in total. The number of nitriles is 1. The van der Waals surface area contributed by atoms with Crippen LogP contribution in [-0.2, 0) is 10.0 Å². The minimum absolute atomic E-state index is 0.0136. The molecule has 9 heteroatoms. The highest BCUT2D eigenvalue weighted by atomic mass is 32.2. The molecule has 1 aromatic rings. The molecule has 14 heavy (non-hydrogen) atoms. The van der Waals surface area contributed by atoms with Crippen LogP contribution in [0, 0.1) is 11.3 Å². The lowest BCUT2D eigenvalue weighted by molar-refractivity contribution is 0.382. The lowest BCUT2D eigenvalue weighted by Crippen LogP contribution is -2.16. The normalized spacial score (nSPS) is 10.6. The molecule has 1 aromatic heterocycles. The number of hydrogen-bond acceptors (Lipinski definition) is 6. The monoisotopic (exact) mass is 217 g/mol. The second kappa shape index (κ2) is 3.93. The molecule has 0 aliphatic carbocycles. The first-order valence-electron chi connectivity index (χ1n) is 3.41. The minimum atomic E-state index is -3.68. The molecular formula is C5H7N5O3S. The third-order valence-corrected chi connectivity index (χ3v) is 2.17. The van der Waals surface area contributed by atoms with Crippen molar-refractivity contribution in [2.24, 2.45) is 0 Å². The molecule has 0 aromatic carbocycles. The van der Waals surface area contributed by atoms with E-state index in [1.807, 2.05) is 4.72 Å². The van der Waals surface area contributed by atoms with Crippen LogP contribution in [0.25, 0.3) is 0 Å². The van der Waals surface area contributed by atoms with Crippen molar-refractivity contribution < 1.29 is 13.2 Å². The zero-order valence-corrected chi connectivity index (χ0v) is 8.00. The molecule has 0 fully saturated rings. The van der Waals surface area contributed by atoms with E-state index in [-0.39, 0.29) is 12.0 Å². The predicted octanol–water partition coefficient (Wildman–Crippen LogP) is -0.921. The van der Waals surface area contributed by atoms with Crippen LogP contribution in [0.5, 0.6) is 6.01 Å². The Bertz CT molecular complexity index is 444. The van der Waals surface area contributed by atoms with E-state index in [2.05, 4.69) is 19.9 Å². The van der Waals surface area contributed by atoms with Crippen molar-refractivity contribution in [1.82, 2.24) is 15.2 Å². The van der Waals surface area contributed by atoms with E-state index in [1.165, 1.54) is 13.2 Å². The number of nitrogens with one attached hydrogen (secondary N) is 2. The second-order valence-corrected chi connectivity index (χ2v) is 3.91. The van der Waals surface area contributed by atoms with Crippen LogP contribution in [0.2, 0.25) is 0 Å². The predicted molar refractivity (Wildman–Crippen MR) is 46.0 cm³/mol. The van der Waals surface area contributed by atoms with E-state index in [1.54, 1.807) is 0 Å². The number of ether oxygens (including phenoxy) is 1. The van der Waals surface area contributed by atoms with Crippen LogP contribution < -0.4 is 9.46 Å². The number of H-pyrrole nitrogens is 1. The molecule has 0 radical (unpaired) electrons. The first kappa shape index (κ1) is 10.3. The smallest absolute Gasteiger partial charge is 0.336 e. The third-order valence-electron chi connectivity index (χ3n) is 1.15. The Morgan fingerprint density at radius 3 is 2.93 bits per heavy atom. The van der Waals surface area contributed by atoms with Gasteiger partial charge in [0.2, 0.25) is 16.0 Å². The molecule has 0 aliphatic rings. The van der Waals surface area contributed by atoms with Gasteiger partial charge in [-0.2, -0.15) is 10.2 Å². The van der Waals surface area contributed by atoms with Gasteiger partial charge < -0.3 is 4.74 Å². The Kier molecular flexibility index (Phi) is 2.88. The van der Waals surface area contributed by atoms with Gasteiger partial charge in [-0.3, -0.25) is 4.72 Å². The largest absolute Gasteiger partial charge is 0.466 e. The zero-order valence-electron chi connectivity index (χ0n) is 7.18. The average molecular weight is 217 g/mol. The maximum atomic E-state index is 11.0. The van der Waals surface area contributed by atoms with Gasteiger partial charge in [-0.05, 0) is 0 Å². The summed E-state index contributed by atoms with van der Waals surface area (Å²) in [5.74, 6) is -0.729. The van der Waals surface area contributed by atoms with Gasteiger partial charge in [0, 0.05) is 0 Å². The minimum Gasteiger partial charge on any atom is -0.466 e. The molecular weight excluding hydrogens is 210 g/mol. The Morgan fingerprint density at radius 1 is 1.71 bits per heavy atom. The first-order chi connectivity index (χ1) is 6.57. The van der Waals surface area contributed by atoms with Crippen LogP contribution in [0.1, 0.15) is 0 Å². The van der Waals surface area contributed by atoms with Crippen molar-refractivity contribution in [2.75, 3.05) is 17.6 Å². The van der Waals surface area contributed by atoms with E-state index in [0.717, 1.165) is 0 Å². The molecule has 1 heterocycles. The first-order valence-corrected chi connectivity index (χ1v) is 5.06. The summed E-state index contributed by atoms with van der Waals surface area (Å²) in [5, 5.41) is 14.0. The van der Waals surface area contributed by atoms with Gasteiger partial charge in [-0.15, -0.1) is 5.10 Å². The third kappa shape index (κ3) is 2.60. The van der Waals surface area contributed by atoms with Crippen LogP contribution >= 0.6 is 0 Å². The zero-order chi connectivity index (χ0) is 10.6. The van der Waals surface area contributed by atoms with Gasteiger partial charge in [0.05, 0.1) is 13.2 Å². The van der Waals surface area contributed by atoms with Crippen molar-refractivity contribution in [3.05, 3.63) is 0 Å². The van der Waals surface area contributed by atoms with Crippen LogP contribution in [0.4, 0.5) is 5.95 Å².